The third-order valence-electron chi connectivity index (χ3n) is 2.31. The van der Waals surface area contributed by atoms with E-state index in [1.807, 2.05) is 13.8 Å². The highest BCUT2D eigenvalue weighted by molar-refractivity contribution is 5.04. The molecule has 1 unspecified atom stereocenters. The minimum atomic E-state index is -0.968. The van der Waals surface area contributed by atoms with E-state index in [-0.39, 0.29) is 5.60 Å². The van der Waals surface area contributed by atoms with Crippen molar-refractivity contribution in [1.29, 1.82) is 0 Å². The van der Waals surface area contributed by atoms with Crippen LogP contribution in [0.2, 0.25) is 0 Å². The molecule has 0 bridgehead atoms. The summed E-state index contributed by atoms with van der Waals surface area (Å²) in [5.41, 5.74) is -1.09. The smallest absolute Gasteiger partial charge is 0.122 e. The first-order valence-electron chi connectivity index (χ1n) is 4.58. The normalized spacial score (nSPS) is 16.3. The lowest BCUT2D eigenvalue weighted by atomic mass is 9.94. The van der Waals surface area contributed by atoms with E-state index in [9.17, 15) is 5.11 Å². The average Bonchev–Trinajstić information content (AvgIpc) is 2.04. The van der Waals surface area contributed by atoms with E-state index in [2.05, 4.69) is 5.92 Å². The van der Waals surface area contributed by atoms with Crippen LogP contribution < -0.4 is 0 Å². The first-order chi connectivity index (χ1) is 5.83. The molecule has 0 fully saturated rings. The quantitative estimate of drug-likeness (QED) is 0.662. The van der Waals surface area contributed by atoms with Gasteiger partial charge in [0.2, 0.25) is 0 Å². The minimum Gasteiger partial charge on any atom is -0.379 e. The molecular formula is C11H20O2. The van der Waals surface area contributed by atoms with Crippen LogP contribution in [0.15, 0.2) is 0 Å². The van der Waals surface area contributed by atoms with Crippen LogP contribution in [0.3, 0.4) is 0 Å². The lowest BCUT2D eigenvalue weighted by molar-refractivity contribution is 0.00834. The Morgan fingerprint density at radius 2 is 1.85 bits per heavy atom. The highest BCUT2D eigenvalue weighted by Crippen LogP contribution is 2.20. The van der Waals surface area contributed by atoms with Gasteiger partial charge in [0.1, 0.15) is 5.60 Å². The van der Waals surface area contributed by atoms with Crippen LogP contribution in [0.25, 0.3) is 0 Å². The molecule has 0 radical (unpaired) electrons. The van der Waals surface area contributed by atoms with Gasteiger partial charge in [-0.2, -0.15) is 0 Å². The van der Waals surface area contributed by atoms with Gasteiger partial charge in [-0.25, -0.2) is 0 Å². The highest BCUT2D eigenvalue weighted by Gasteiger charge is 2.20. The van der Waals surface area contributed by atoms with Crippen molar-refractivity contribution in [3.05, 3.63) is 0 Å². The lowest BCUT2D eigenvalue weighted by Crippen LogP contribution is -2.25. The number of methoxy groups -OCH3 is 1. The Morgan fingerprint density at radius 1 is 1.31 bits per heavy atom. The molecule has 0 amide bonds. The van der Waals surface area contributed by atoms with Gasteiger partial charge in [0, 0.05) is 7.11 Å². The van der Waals surface area contributed by atoms with E-state index in [0.717, 1.165) is 12.8 Å². The van der Waals surface area contributed by atoms with Crippen molar-refractivity contribution in [2.24, 2.45) is 0 Å². The molecule has 0 saturated heterocycles. The van der Waals surface area contributed by atoms with Crippen molar-refractivity contribution in [3.63, 3.8) is 0 Å². The van der Waals surface area contributed by atoms with Gasteiger partial charge in [0.05, 0.1) is 5.60 Å². The van der Waals surface area contributed by atoms with Crippen molar-refractivity contribution >= 4 is 0 Å². The Hall–Kier alpha value is -0.520. The Labute approximate surface area is 81.3 Å². The summed E-state index contributed by atoms with van der Waals surface area (Å²) in [6.45, 7) is 5.71. The van der Waals surface area contributed by atoms with E-state index < -0.39 is 5.60 Å². The molecule has 13 heavy (non-hydrogen) atoms. The SMILES string of the molecule is C#CC(C)(O)CCCC(C)(C)OC. The standard InChI is InChI=1S/C11H20O2/c1-6-11(4,12)9-7-8-10(2,3)13-5/h1,12H,7-9H2,2-5H3. The van der Waals surface area contributed by atoms with Gasteiger partial charge >= 0.3 is 0 Å². The van der Waals surface area contributed by atoms with Gasteiger partial charge in [-0.3, -0.25) is 0 Å². The zero-order valence-electron chi connectivity index (χ0n) is 9.05. The van der Waals surface area contributed by atoms with Crippen LogP contribution in [-0.4, -0.2) is 23.4 Å². The van der Waals surface area contributed by atoms with Crippen molar-refractivity contribution in [2.75, 3.05) is 7.11 Å². The van der Waals surface area contributed by atoms with Crippen molar-refractivity contribution < 1.29 is 9.84 Å². The average molecular weight is 184 g/mol. The van der Waals surface area contributed by atoms with Crippen LogP contribution in [0.5, 0.6) is 0 Å². The molecule has 0 aromatic heterocycles. The molecule has 0 rings (SSSR count). The zero-order chi connectivity index (χ0) is 10.5. The predicted molar refractivity (Wildman–Crippen MR) is 54.4 cm³/mol. The summed E-state index contributed by atoms with van der Waals surface area (Å²) in [6, 6.07) is 0. The van der Waals surface area contributed by atoms with Gasteiger partial charge in [-0.05, 0) is 40.0 Å². The van der Waals surface area contributed by atoms with E-state index in [1.54, 1.807) is 14.0 Å². The van der Waals surface area contributed by atoms with E-state index >= 15 is 0 Å². The zero-order valence-corrected chi connectivity index (χ0v) is 9.05. The molecule has 0 saturated carbocycles. The molecule has 0 aromatic rings. The predicted octanol–water partition coefficient (Wildman–Crippen LogP) is 1.97. The molecule has 1 N–H and O–H groups in total. The second-order valence-corrected chi connectivity index (χ2v) is 4.24. The third kappa shape index (κ3) is 5.68. The minimum absolute atomic E-state index is 0.120. The van der Waals surface area contributed by atoms with Gasteiger partial charge in [0.15, 0.2) is 0 Å². The number of hydrogen-bond acceptors (Lipinski definition) is 2. The first-order valence-corrected chi connectivity index (χ1v) is 4.58. The summed E-state index contributed by atoms with van der Waals surface area (Å²) in [6.07, 6.45) is 7.56. The highest BCUT2D eigenvalue weighted by atomic mass is 16.5. The van der Waals surface area contributed by atoms with Gasteiger partial charge in [-0.15, -0.1) is 6.42 Å². The summed E-state index contributed by atoms with van der Waals surface area (Å²) < 4.78 is 5.25. The maximum Gasteiger partial charge on any atom is 0.122 e. The van der Waals surface area contributed by atoms with Crippen LogP contribution in [0.1, 0.15) is 40.0 Å². The summed E-state index contributed by atoms with van der Waals surface area (Å²) in [4.78, 5) is 0. The van der Waals surface area contributed by atoms with Crippen molar-refractivity contribution in [2.45, 2.75) is 51.2 Å². The third-order valence-corrected chi connectivity index (χ3v) is 2.31. The second kappa shape index (κ2) is 4.64. The largest absolute Gasteiger partial charge is 0.379 e. The number of ether oxygens (including phenoxy) is 1. The Bertz CT molecular complexity index is 187. The molecule has 0 aliphatic carbocycles. The molecular weight excluding hydrogens is 164 g/mol. The maximum atomic E-state index is 9.52. The summed E-state index contributed by atoms with van der Waals surface area (Å²) in [5, 5.41) is 9.52. The fourth-order valence-electron chi connectivity index (χ4n) is 1.03. The molecule has 0 spiro atoms. The second-order valence-electron chi connectivity index (χ2n) is 4.24. The van der Waals surface area contributed by atoms with Crippen LogP contribution in [0.4, 0.5) is 0 Å². The Morgan fingerprint density at radius 3 is 2.23 bits per heavy atom. The fourth-order valence-corrected chi connectivity index (χ4v) is 1.03. The molecule has 0 aliphatic heterocycles. The van der Waals surface area contributed by atoms with E-state index in [4.69, 9.17) is 11.2 Å². The lowest BCUT2D eigenvalue weighted by Gasteiger charge is -2.24. The Balaban J connectivity index is 3.76. The Kier molecular flexibility index (Phi) is 4.46. The molecule has 0 heterocycles. The van der Waals surface area contributed by atoms with Crippen LogP contribution >= 0.6 is 0 Å². The molecule has 2 nitrogen and oxygen atoms in total. The van der Waals surface area contributed by atoms with Gasteiger partial charge in [-0.1, -0.05) is 5.92 Å². The van der Waals surface area contributed by atoms with Gasteiger partial charge < -0.3 is 9.84 Å². The molecule has 0 aliphatic rings. The monoisotopic (exact) mass is 184 g/mol. The first kappa shape index (κ1) is 12.5. The molecule has 2 heteroatoms. The molecule has 0 aromatic carbocycles. The number of aliphatic hydroxyl groups is 1. The van der Waals surface area contributed by atoms with Crippen molar-refractivity contribution in [1.82, 2.24) is 0 Å². The summed E-state index contributed by atoms with van der Waals surface area (Å²) in [5.74, 6) is 2.36. The van der Waals surface area contributed by atoms with E-state index in [1.165, 1.54) is 0 Å². The topological polar surface area (TPSA) is 29.5 Å². The van der Waals surface area contributed by atoms with Crippen molar-refractivity contribution in [3.8, 4) is 12.3 Å². The number of rotatable bonds is 5. The van der Waals surface area contributed by atoms with Gasteiger partial charge in [0.25, 0.3) is 0 Å². The summed E-state index contributed by atoms with van der Waals surface area (Å²) in [7, 11) is 1.69. The maximum absolute atomic E-state index is 9.52. The number of terminal acetylenes is 1. The molecule has 76 valence electrons. The van der Waals surface area contributed by atoms with Crippen LogP contribution in [0, 0.1) is 12.3 Å². The fraction of sp³-hybridized carbons (Fsp3) is 0.818. The van der Waals surface area contributed by atoms with E-state index in [0.29, 0.717) is 6.42 Å². The molecule has 1 atom stereocenters. The van der Waals surface area contributed by atoms with Crippen LogP contribution in [-0.2, 0) is 4.74 Å². The number of hydrogen-bond donors (Lipinski definition) is 1. The summed E-state index contributed by atoms with van der Waals surface area (Å²) >= 11 is 0.